The van der Waals surface area contributed by atoms with Crippen molar-refractivity contribution in [3.05, 3.63) is 0 Å². The Balaban J connectivity index is 1.95. The summed E-state index contributed by atoms with van der Waals surface area (Å²) in [5, 5.41) is 12.4. The van der Waals surface area contributed by atoms with Gasteiger partial charge in [0.05, 0.1) is 0 Å². The molecule has 0 atom stereocenters. The molecule has 0 aromatic heterocycles. The van der Waals surface area contributed by atoms with Gasteiger partial charge in [0.1, 0.15) is 0 Å². The van der Waals surface area contributed by atoms with E-state index in [2.05, 4.69) is 24.1 Å². The first-order chi connectivity index (χ1) is 8.14. The second kappa shape index (κ2) is 8.06. The van der Waals surface area contributed by atoms with Crippen LogP contribution in [-0.2, 0) is 0 Å². The van der Waals surface area contributed by atoms with Gasteiger partial charge in [-0.25, -0.2) is 0 Å². The highest BCUT2D eigenvalue weighted by molar-refractivity contribution is 4.72. The molecule has 17 heavy (non-hydrogen) atoms. The van der Waals surface area contributed by atoms with Crippen molar-refractivity contribution >= 4 is 0 Å². The van der Waals surface area contributed by atoms with Crippen molar-refractivity contribution in [1.29, 1.82) is 0 Å². The van der Waals surface area contributed by atoms with Crippen molar-refractivity contribution in [3.63, 3.8) is 0 Å². The zero-order valence-corrected chi connectivity index (χ0v) is 11.7. The first-order valence-corrected chi connectivity index (χ1v) is 7.18. The molecular formula is C14H30N2O. The number of nitrogens with one attached hydrogen (secondary N) is 1. The topological polar surface area (TPSA) is 35.5 Å². The maximum atomic E-state index is 8.83. The average molecular weight is 242 g/mol. The van der Waals surface area contributed by atoms with Gasteiger partial charge in [0.15, 0.2) is 0 Å². The SMILES string of the molecule is CC(C)(CCCO)CNCCCN1CCCC1. The number of nitrogens with zero attached hydrogens (tertiary/aromatic N) is 1. The van der Waals surface area contributed by atoms with Crippen LogP contribution in [0.15, 0.2) is 0 Å². The Morgan fingerprint density at radius 3 is 2.53 bits per heavy atom. The fourth-order valence-corrected chi connectivity index (χ4v) is 2.51. The Labute approximate surface area is 107 Å². The first-order valence-electron chi connectivity index (χ1n) is 7.18. The van der Waals surface area contributed by atoms with Crippen LogP contribution in [0.3, 0.4) is 0 Å². The molecule has 0 spiro atoms. The van der Waals surface area contributed by atoms with Crippen molar-refractivity contribution in [2.24, 2.45) is 5.41 Å². The van der Waals surface area contributed by atoms with Crippen LogP contribution in [-0.4, -0.2) is 49.3 Å². The van der Waals surface area contributed by atoms with Crippen LogP contribution in [0, 0.1) is 5.41 Å². The van der Waals surface area contributed by atoms with Gasteiger partial charge in [-0.15, -0.1) is 0 Å². The van der Waals surface area contributed by atoms with Crippen molar-refractivity contribution in [2.45, 2.75) is 46.0 Å². The van der Waals surface area contributed by atoms with E-state index in [1.807, 2.05) is 0 Å². The molecule has 1 aliphatic heterocycles. The normalized spacial score (nSPS) is 17.8. The monoisotopic (exact) mass is 242 g/mol. The van der Waals surface area contributed by atoms with Gasteiger partial charge in [-0.1, -0.05) is 13.8 Å². The summed E-state index contributed by atoms with van der Waals surface area (Å²) in [4.78, 5) is 2.57. The molecule has 0 amide bonds. The van der Waals surface area contributed by atoms with Crippen molar-refractivity contribution in [2.75, 3.05) is 39.3 Å². The van der Waals surface area contributed by atoms with Gasteiger partial charge in [0.2, 0.25) is 0 Å². The van der Waals surface area contributed by atoms with Crippen molar-refractivity contribution < 1.29 is 5.11 Å². The van der Waals surface area contributed by atoms with E-state index in [0.29, 0.717) is 12.0 Å². The molecule has 0 aromatic rings. The summed E-state index contributed by atoms with van der Waals surface area (Å²) in [7, 11) is 0. The first kappa shape index (κ1) is 14.9. The lowest BCUT2D eigenvalue weighted by molar-refractivity contribution is 0.235. The van der Waals surface area contributed by atoms with Crippen LogP contribution in [0.5, 0.6) is 0 Å². The summed E-state index contributed by atoms with van der Waals surface area (Å²) in [5.41, 5.74) is 0.316. The van der Waals surface area contributed by atoms with E-state index in [9.17, 15) is 0 Å². The second-order valence-corrected chi connectivity index (χ2v) is 6.07. The minimum atomic E-state index is 0.316. The number of hydrogen-bond donors (Lipinski definition) is 2. The number of aliphatic hydroxyl groups is 1. The molecule has 0 unspecified atom stereocenters. The molecular weight excluding hydrogens is 212 g/mol. The van der Waals surface area contributed by atoms with E-state index in [1.54, 1.807) is 0 Å². The fourth-order valence-electron chi connectivity index (χ4n) is 2.51. The van der Waals surface area contributed by atoms with Gasteiger partial charge < -0.3 is 15.3 Å². The van der Waals surface area contributed by atoms with Gasteiger partial charge in [-0.05, 0) is 63.7 Å². The Morgan fingerprint density at radius 2 is 1.88 bits per heavy atom. The molecule has 3 nitrogen and oxygen atoms in total. The van der Waals surface area contributed by atoms with E-state index in [1.165, 1.54) is 38.9 Å². The molecule has 0 bridgehead atoms. The standard InChI is InChI=1S/C14H30N2O/c1-14(2,7-5-12-17)13-15-8-6-11-16-9-3-4-10-16/h15,17H,3-13H2,1-2H3. The largest absolute Gasteiger partial charge is 0.396 e. The zero-order chi connectivity index (χ0) is 12.6. The molecule has 1 aliphatic rings. The van der Waals surface area contributed by atoms with Crippen LogP contribution >= 0.6 is 0 Å². The van der Waals surface area contributed by atoms with Crippen LogP contribution in [0.1, 0.15) is 46.0 Å². The predicted molar refractivity (Wildman–Crippen MR) is 73.3 cm³/mol. The van der Waals surface area contributed by atoms with Crippen molar-refractivity contribution in [3.8, 4) is 0 Å². The van der Waals surface area contributed by atoms with Gasteiger partial charge in [-0.2, -0.15) is 0 Å². The Morgan fingerprint density at radius 1 is 1.18 bits per heavy atom. The third-order valence-corrected chi connectivity index (χ3v) is 3.64. The van der Waals surface area contributed by atoms with Crippen LogP contribution in [0.2, 0.25) is 0 Å². The maximum absolute atomic E-state index is 8.83. The fraction of sp³-hybridized carbons (Fsp3) is 1.00. The zero-order valence-electron chi connectivity index (χ0n) is 11.7. The third kappa shape index (κ3) is 7.02. The highest BCUT2D eigenvalue weighted by atomic mass is 16.2. The molecule has 102 valence electrons. The lowest BCUT2D eigenvalue weighted by atomic mass is 9.88. The molecule has 1 fully saturated rings. The lowest BCUT2D eigenvalue weighted by Crippen LogP contribution is -2.32. The average Bonchev–Trinajstić information content (AvgIpc) is 2.79. The highest BCUT2D eigenvalue weighted by Crippen LogP contribution is 2.20. The molecule has 1 saturated heterocycles. The van der Waals surface area contributed by atoms with Crippen molar-refractivity contribution in [1.82, 2.24) is 10.2 Å². The quantitative estimate of drug-likeness (QED) is 0.606. The number of aliphatic hydroxyl groups excluding tert-OH is 1. The molecule has 0 aliphatic carbocycles. The summed E-state index contributed by atoms with van der Waals surface area (Å²) in [6.07, 6.45) is 6.06. The molecule has 1 rings (SSSR count). The van der Waals surface area contributed by atoms with Gasteiger partial charge >= 0.3 is 0 Å². The molecule has 0 radical (unpaired) electrons. The molecule has 0 aromatic carbocycles. The number of likely N-dealkylation sites (tertiary alicyclic amines) is 1. The second-order valence-electron chi connectivity index (χ2n) is 6.07. The Hall–Kier alpha value is -0.120. The summed E-state index contributed by atoms with van der Waals surface area (Å²) >= 11 is 0. The van der Waals surface area contributed by atoms with Crippen LogP contribution < -0.4 is 5.32 Å². The van der Waals surface area contributed by atoms with E-state index >= 15 is 0 Å². The third-order valence-electron chi connectivity index (χ3n) is 3.64. The molecule has 0 saturated carbocycles. The van der Waals surface area contributed by atoms with E-state index in [0.717, 1.165) is 25.9 Å². The Kier molecular flexibility index (Phi) is 7.09. The number of rotatable bonds is 9. The minimum Gasteiger partial charge on any atom is -0.396 e. The lowest BCUT2D eigenvalue weighted by Gasteiger charge is -2.25. The van der Waals surface area contributed by atoms with E-state index < -0.39 is 0 Å². The van der Waals surface area contributed by atoms with Gasteiger partial charge in [-0.3, -0.25) is 0 Å². The predicted octanol–water partition coefficient (Wildman–Crippen LogP) is 1.86. The van der Waals surface area contributed by atoms with Gasteiger partial charge in [0.25, 0.3) is 0 Å². The maximum Gasteiger partial charge on any atom is 0.0431 e. The van der Waals surface area contributed by atoms with Crippen LogP contribution in [0.25, 0.3) is 0 Å². The number of hydrogen-bond acceptors (Lipinski definition) is 3. The minimum absolute atomic E-state index is 0.316. The van der Waals surface area contributed by atoms with E-state index in [-0.39, 0.29) is 0 Å². The van der Waals surface area contributed by atoms with Crippen LogP contribution in [0.4, 0.5) is 0 Å². The smallest absolute Gasteiger partial charge is 0.0431 e. The molecule has 3 heteroatoms. The summed E-state index contributed by atoms with van der Waals surface area (Å²) in [5.74, 6) is 0. The molecule has 2 N–H and O–H groups in total. The van der Waals surface area contributed by atoms with Gasteiger partial charge in [0, 0.05) is 13.2 Å². The van der Waals surface area contributed by atoms with E-state index in [4.69, 9.17) is 5.11 Å². The Bertz CT molecular complexity index is 189. The highest BCUT2D eigenvalue weighted by Gasteiger charge is 2.16. The summed E-state index contributed by atoms with van der Waals surface area (Å²) in [6, 6.07) is 0. The summed E-state index contributed by atoms with van der Waals surface area (Å²) in [6.45, 7) is 10.9. The molecule has 1 heterocycles. The summed E-state index contributed by atoms with van der Waals surface area (Å²) < 4.78 is 0.